The van der Waals surface area contributed by atoms with Crippen molar-refractivity contribution >= 4 is 11.3 Å². The molecule has 3 aromatic heterocycles. The average molecular weight is 556 g/mol. The molecule has 0 saturated carbocycles. The van der Waals surface area contributed by atoms with E-state index in [4.69, 9.17) is 28.3 Å². The first-order chi connectivity index (χ1) is 21.3. The number of pyridine rings is 1. The van der Waals surface area contributed by atoms with Gasteiger partial charge in [-0.25, -0.2) is 9.50 Å². The third kappa shape index (κ3) is 5.06. The van der Waals surface area contributed by atoms with Gasteiger partial charge in [0.2, 0.25) is 0 Å². The van der Waals surface area contributed by atoms with Crippen molar-refractivity contribution in [3.63, 3.8) is 0 Å². The first-order valence-corrected chi connectivity index (χ1v) is 13.8. The number of anilines is 1. The highest BCUT2D eigenvalue weighted by Crippen LogP contribution is 2.36. The molecule has 41 heavy (non-hydrogen) atoms. The summed E-state index contributed by atoms with van der Waals surface area (Å²) in [5.41, 5.74) is 3.58. The topological polar surface area (TPSA) is 113 Å². The van der Waals surface area contributed by atoms with Crippen molar-refractivity contribution in [3.8, 4) is 28.8 Å². The number of nitriles is 1. The lowest BCUT2D eigenvalue weighted by molar-refractivity contribution is -0.00870. The summed E-state index contributed by atoms with van der Waals surface area (Å²) in [6.07, 6.45) is 7.95. The molecule has 2 unspecified atom stereocenters. The van der Waals surface area contributed by atoms with Gasteiger partial charge in [0.1, 0.15) is 36.1 Å². The van der Waals surface area contributed by atoms with Crippen LogP contribution in [0.2, 0.25) is 0 Å². The highest BCUT2D eigenvalue weighted by Gasteiger charge is 2.44. The van der Waals surface area contributed by atoms with Crippen molar-refractivity contribution in [3.05, 3.63) is 66.2 Å². The number of rotatable bonds is 8. The zero-order valence-corrected chi connectivity index (χ0v) is 22.4. The number of methoxy groups -OCH3 is 1. The van der Waals surface area contributed by atoms with Crippen molar-refractivity contribution in [2.75, 3.05) is 51.3 Å². The summed E-state index contributed by atoms with van der Waals surface area (Å²) in [4.78, 5) is 14.3. The molecule has 4 aromatic rings. The summed E-state index contributed by atoms with van der Waals surface area (Å²) in [5.74, 6) is 1.76. The number of nitrogens with one attached hydrogen (secondary N) is 1. The fourth-order valence-electron chi connectivity index (χ4n) is 6.00. The van der Waals surface area contributed by atoms with Gasteiger partial charge >= 0.3 is 0 Å². The second-order valence-electron chi connectivity index (χ2n) is 10.7. The number of piperazine rings is 1. The number of fused-ring (bicyclic) bond motifs is 3. The van der Waals surface area contributed by atoms with Crippen LogP contribution in [0.25, 0.3) is 16.8 Å². The zero-order valence-electron chi connectivity index (χ0n) is 25.4. The van der Waals surface area contributed by atoms with Gasteiger partial charge in [-0.3, -0.25) is 9.88 Å². The van der Waals surface area contributed by atoms with Gasteiger partial charge in [0.15, 0.2) is 0 Å². The molecule has 1 aromatic carbocycles. The van der Waals surface area contributed by atoms with Crippen LogP contribution in [0.4, 0.5) is 5.82 Å². The Balaban J connectivity index is 1.03. The smallest absolute Gasteiger partial charge is 0.147 e. The summed E-state index contributed by atoms with van der Waals surface area (Å²) in [6.45, 7) is 5.11. The third-order valence-corrected chi connectivity index (χ3v) is 8.14. The van der Waals surface area contributed by atoms with Gasteiger partial charge in [-0.2, -0.15) is 10.4 Å². The van der Waals surface area contributed by atoms with E-state index in [0.29, 0.717) is 53.6 Å². The molecule has 210 valence electrons. The van der Waals surface area contributed by atoms with Crippen LogP contribution in [-0.2, 0) is 11.3 Å². The van der Waals surface area contributed by atoms with Crippen LogP contribution >= 0.6 is 0 Å². The van der Waals surface area contributed by atoms with Crippen LogP contribution in [0, 0.1) is 11.3 Å². The van der Waals surface area contributed by atoms with E-state index in [-0.39, 0.29) is 6.10 Å². The number of piperidine rings is 1. The molecule has 0 spiro atoms. The lowest BCUT2D eigenvalue weighted by atomic mass is 9.87. The minimum atomic E-state index is -2.45. The SMILES string of the molecule is [2H]C([2H])([2H])Oc1ccc(CN2C3CC2CN(c2cnc(-c4cc(OC[C@H]5CNCCO5)cn5ncc(C#N)c45)cn2)C3)cc1. The molecule has 11 heteroatoms. The van der Waals surface area contributed by atoms with Gasteiger partial charge in [-0.15, -0.1) is 0 Å². The summed E-state index contributed by atoms with van der Waals surface area (Å²) >= 11 is 0. The van der Waals surface area contributed by atoms with Gasteiger partial charge in [-0.1, -0.05) is 12.1 Å². The van der Waals surface area contributed by atoms with E-state index in [2.05, 4.69) is 26.3 Å². The Morgan fingerprint density at radius 1 is 1.15 bits per heavy atom. The molecular formula is C30H32N8O3. The Morgan fingerprint density at radius 2 is 2.02 bits per heavy atom. The number of morpholine rings is 1. The third-order valence-electron chi connectivity index (χ3n) is 8.14. The predicted molar refractivity (Wildman–Crippen MR) is 152 cm³/mol. The second-order valence-corrected chi connectivity index (χ2v) is 10.7. The number of benzene rings is 1. The molecule has 0 aliphatic carbocycles. The quantitative estimate of drug-likeness (QED) is 0.348. The number of nitrogens with zero attached hydrogens (tertiary/aromatic N) is 7. The Labute approximate surface area is 242 Å². The van der Waals surface area contributed by atoms with Crippen LogP contribution < -0.4 is 19.7 Å². The van der Waals surface area contributed by atoms with E-state index in [1.54, 1.807) is 41.4 Å². The van der Waals surface area contributed by atoms with Crippen LogP contribution in [0.5, 0.6) is 11.5 Å². The number of hydrogen-bond donors (Lipinski definition) is 1. The zero-order chi connectivity index (χ0) is 30.3. The Hall–Kier alpha value is -4.24. The molecule has 0 amide bonds. The summed E-state index contributed by atoms with van der Waals surface area (Å²) in [6, 6.07) is 12.2. The second kappa shape index (κ2) is 11.0. The van der Waals surface area contributed by atoms with Gasteiger partial charge < -0.3 is 24.4 Å². The van der Waals surface area contributed by atoms with Crippen LogP contribution in [0.1, 0.15) is 21.7 Å². The molecule has 0 radical (unpaired) electrons. The summed E-state index contributed by atoms with van der Waals surface area (Å²) < 4.78 is 40.3. The van der Waals surface area contributed by atoms with Crippen molar-refractivity contribution < 1.29 is 18.3 Å². The Morgan fingerprint density at radius 3 is 2.76 bits per heavy atom. The maximum Gasteiger partial charge on any atom is 0.147 e. The van der Waals surface area contributed by atoms with Crippen molar-refractivity contribution in [1.82, 2.24) is 29.8 Å². The average Bonchev–Trinajstić information content (AvgIpc) is 3.46. The van der Waals surface area contributed by atoms with E-state index in [1.807, 2.05) is 18.2 Å². The highest BCUT2D eigenvalue weighted by atomic mass is 16.5. The maximum atomic E-state index is 9.72. The van der Waals surface area contributed by atoms with Crippen LogP contribution in [0.3, 0.4) is 0 Å². The van der Waals surface area contributed by atoms with Crippen LogP contribution in [-0.4, -0.2) is 89.1 Å². The molecule has 1 N–H and O–H groups in total. The van der Waals surface area contributed by atoms with Gasteiger partial charge in [0.25, 0.3) is 0 Å². The molecule has 8 rings (SSSR count). The van der Waals surface area contributed by atoms with Crippen molar-refractivity contribution in [2.45, 2.75) is 31.2 Å². The van der Waals surface area contributed by atoms with E-state index >= 15 is 0 Å². The fourth-order valence-corrected chi connectivity index (χ4v) is 6.00. The number of ether oxygens (including phenoxy) is 3. The maximum absolute atomic E-state index is 9.72. The van der Waals surface area contributed by atoms with E-state index in [1.165, 1.54) is 0 Å². The highest BCUT2D eigenvalue weighted by molar-refractivity contribution is 5.83. The fraction of sp³-hybridized carbons (Fsp3) is 0.400. The molecule has 4 aliphatic rings. The van der Waals surface area contributed by atoms with E-state index in [9.17, 15) is 5.26 Å². The Kier molecular flexibility index (Phi) is 6.01. The summed E-state index contributed by atoms with van der Waals surface area (Å²) in [7, 11) is -2.45. The summed E-state index contributed by atoms with van der Waals surface area (Å²) in [5, 5.41) is 17.4. The first-order valence-electron chi connectivity index (χ1n) is 15.3. The van der Waals surface area contributed by atoms with Crippen LogP contribution in [0.15, 0.2) is 55.1 Å². The van der Waals surface area contributed by atoms with Crippen molar-refractivity contribution in [2.24, 2.45) is 0 Å². The predicted octanol–water partition coefficient (Wildman–Crippen LogP) is 2.50. The molecule has 4 saturated heterocycles. The molecule has 11 nitrogen and oxygen atoms in total. The Bertz CT molecular complexity index is 1650. The normalized spacial score (nSPS) is 23.6. The lowest BCUT2D eigenvalue weighted by Gasteiger charge is -2.56. The van der Waals surface area contributed by atoms with Gasteiger partial charge in [-0.05, 0) is 30.2 Å². The molecule has 3 atom stereocenters. The van der Waals surface area contributed by atoms with E-state index < -0.39 is 7.04 Å². The molecule has 2 bridgehead atoms. The molecular weight excluding hydrogens is 520 g/mol. The minimum absolute atomic E-state index is 0.0376. The molecule has 4 fully saturated rings. The molecule has 7 heterocycles. The monoisotopic (exact) mass is 555 g/mol. The van der Waals surface area contributed by atoms with Gasteiger partial charge in [0, 0.05) is 50.4 Å². The first kappa shape index (κ1) is 22.4. The van der Waals surface area contributed by atoms with Crippen molar-refractivity contribution in [1.29, 1.82) is 5.26 Å². The lowest BCUT2D eigenvalue weighted by Crippen LogP contribution is -2.68. The minimum Gasteiger partial charge on any atom is -0.497 e. The van der Waals surface area contributed by atoms with E-state index in [0.717, 1.165) is 56.1 Å². The number of hydrogen-bond acceptors (Lipinski definition) is 10. The largest absolute Gasteiger partial charge is 0.497 e. The standard InChI is InChI=1S/C30H32N8O3/c1-39-24-4-2-20(3-5-24)15-37-22-8-23(37)17-36(16-22)29-14-33-28(13-34-29)27-9-25(41-19-26-12-32-6-7-40-26)18-38-30(27)21(10-31)11-35-38/h2-5,9,11,13-14,18,22-23,26,32H,6-8,12,15-17,19H2,1H3/t22?,23?,26-/m1/s1/i1D3. The number of aromatic nitrogens is 4. The molecule has 4 aliphatic heterocycles. The van der Waals surface area contributed by atoms with Gasteiger partial charge in [0.05, 0.1) is 59.3 Å².